The topological polar surface area (TPSA) is 84.8 Å². The molecule has 0 spiro atoms. The van der Waals surface area contributed by atoms with Gasteiger partial charge in [-0.15, -0.1) is 5.10 Å². The van der Waals surface area contributed by atoms with Crippen LogP contribution >= 0.6 is 11.3 Å². The first-order valence-corrected chi connectivity index (χ1v) is 4.69. The zero-order valence-electron chi connectivity index (χ0n) is 6.86. The summed E-state index contributed by atoms with van der Waals surface area (Å²) in [4.78, 5) is 0. The maximum Gasteiger partial charge on any atom is 0.295 e. The Hall–Kier alpha value is -1.35. The predicted octanol–water partition coefficient (Wildman–Crippen LogP) is 0.803. The molecular formula is C7H8N4OS. The molecule has 2 rings (SSSR count). The smallest absolute Gasteiger partial charge is 0.295 e. The second-order valence-electron chi connectivity index (χ2n) is 3.09. The van der Waals surface area contributed by atoms with Gasteiger partial charge in [0.15, 0.2) is 0 Å². The summed E-state index contributed by atoms with van der Waals surface area (Å²) < 4.78 is 5.29. The summed E-state index contributed by atoms with van der Waals surface area (Å²) >= 11 is 1.19. The van der Waals surface area contributed by atoms with Gasteiger partial charge in [-0.05, 0) is 24.2 Å². The average molecular weight is 196 g/mol. The summed E-state index contributed by atoms with van der Waals surface area (Å²) in [6.07, 6.45) is 1.83. The molecule has 0 aliphatic heterocycles. The number of aromatic nitrogens is 2. The molecule has 68 valence electrons. The van der Waals surface area contributed by atoms with E-state index in [1.807, 2.05) is 0 Å². The van der Waals surface area contributed by atoms with E-state index in [9.17, 15) is 0 Å². The van der Waals surface area contributed by atoms with Crippen molar-refractivity contribution in [2.24, 2.45) is 5.41 Å². The van der Waals surface area contributed by atoms with Gasteiger partial charge in [-0.25, -0.2) is 0 Å². The van der Waals surface area contributed by atoms with Crippen LogP contribution in [0.15, 0.2) is 0 Å². The first-order valence-electron chi connectivity index (χ1n) is 3.87. The summed E-state index contributed by atoms with van der Waals surface area (Å²) in [5, 5.41) is 16.9. The van der Waals surface area contributed by atoms with Crippen LogP contribution in [0.3, 0.4) is 0 Å². The third-order valence-corrected chi connectivity index (χ3v) is 2.65. The highest BCUT2D eigenvalue weighted by atomic mass is 32.1. The summed E-state index contributed by atoms with van der Waals surface area (Å²) in [6.45, 7) is 0.401. The quantitative estimate of drug-likeness (QED) is 0.773. The van der Waals surface area contributed by atoms with Gasteiger partial charge in [0.1, 0.15) is 6.61 Å². The summed E-state index contributed by atoms with van der Waals surface area (Å²) in [7, 11) is 0. The number of nitrogen functional groups attached to an aromatic ring is 1. The van der Waals surface area contributed by atoms with E-state index in [-0.39, 0.29) is 5.41 Å². The van der Waals surface area contributed by atoms with Crippen LogP contribution in [0.5, 0.6) is 5.19 Å². The predicted molar refractivity (Wildman–Crippen MR) is 47.1 cm³/mol. The van der Waals surface area contributed by atoms with Crippen LogP contribution in [0.1, 0.15) is 12.8 Å². The molecule has 2 N–H and O–H groups in total. The third kappa shape index (κ3) is 1.70. The van der Waals surface area contributed by atoms with Gasteiger partial charge >= 0.3 is 0 Å². The number of anilines is 1. The molecule has 1 aromatic rings. The lowest BCUT2D eigenvalue weighted by Gasteiger charge is -2.03. The zero-order valence-corrected chi connectivity index (χ0v) is 7.67. The minimum absolute atomic E-state index is 0.263. The summed E-state index contributed by atoms with van der Waals surface area (Å²) in [5.74, 6) is 0. The highest BCUT2D eigenvalue weighted by molar-refractivity contribution is 7.16. The van der Waals surface area contributed by atoms with E-state index in [0.717, 1.165) is 12.8 Å². The van der Waals surface area contributed by atoms with E-state index >= 15 is 0 Å². The fourth-order valence-corrected chi connectivity index (χ4v) is 1.38. The standard InChI is InChI=1S/C7H8N4OS/c8-3-7(1-2-7)4-12-6-11-10-5(9)13-6/h1-2,4H2,(H2,9,10). The highest BCUT2D eigenvalue weighted by Gasteiger charge is 2.44. The van der Waals surface area contributed by atoms with Crippen molar-refractivity contribution < 1.29 is 4.74 Å². The monoisotopic (exact) mass is 196 g/mol. The Balaban J connectivity index is 1.90. The van der Waals surface area contributed by atoms with Crippen LogP contribution in [0.2, 0.25) is 0 Å². The number of rotatable bonds is 3. The number of nitriles is 1. The number of hydrogen-bond donors (Lipinski definition) is 1. The molecule has 1 aliphatic carbocycles. The van der Waals surface area contributed by atoms with E-state index in [1.54, 1.807) is 0 Å². The maximum atomic E-state index is 8.75. The second kappa shape index (κ2) is 2.85. The Morgan fingerprint density at radius 1 is 1.62 bits per heavy atom. The van der Waals surface area contributed by atoms with Gasteiger partial charge < -0.3 is 10.5 Å². The molecule has 1 aliphatic rings. The molecule has 0 unspecified atom stereocenters. The van der Waals surface area contributed by atoms with Gasteiger partial charge in [0.2, 0.25) is 5.13 Å². The lowest BCUT2D eigenvalue weighted by molar-refractivity contribution is 0.265. The van der Waals surface area contributed by atoms with E-state index in [1.165, 1.54) is 11.3 Å². The molecule has 6 heteroatoms. The molecule has 0 amide bonds. The van der Waals surface area contributed by atoms with Crippen LogP contribution in [0.4, 0.5) is 5.13 Å². The minimum atomic E-state index is -0.263. The van der Waals surface area contributed by atoms with Crippen LogP contribution < -0.4 is 10.5 Å². The van der Waals surface area contributed by atoms with Crippen molar-refractivity contribution in [3.8, 4) is 11.3 Å². The SMILES string of the molecule is N#CC1(COc2nnc(N)s2)CC1. The van der Waals surface area contributed by atoms with Crippen LogP contribution in [-0.4, -0.2) is 16.8 Å². The van der Waals surface area contributed by atoms with Crippen molar-refractivity contribution in [2.75, 3.05) is 12.3 Å². The Morgan fingerprint density at radius 3 is 2.85 bits per heavy atom. The van der Waals surface area contributed by atoms with Gasteiger partial charge in [-0.3, -0.25) is 0 Å². The maximum absolute atomic E-state index is 8.75. The number of nitrogens with two attached hydrogens (primary N) is 1. The molecule has 1 heterocycles. The van der Waals surface area contributed by atoms with Crippen molar-refractivity contribution >= 4 is 16.5 Å². The molecule has 1 aromatic heterocycles. The van der Waals surface area contributed by atoms with Crippen molar-refractivity contribution in [2.45, 2.75) is 12.8 Å². The molecule has 1 saturated carbocycles. The van der Waals surface area contributed by atoms with Gasteiger partial charge in [0.25, 0.3) is 5.19 Å². The second-order valence-corrected chi connectivity index (χ2v) is 4.06. The molecule has 0 aromatic carbocycles. The number of ether oxygens (including phenoxy) is 1. The van der Waals surface area contributed by atoms with E-state index < -0.39 is 0 Å². The molecule has 0 bridgehead atoms. The summed E-state index contributed by atoms with van der Waals surface area (Å²) in [5.41, 5.74) is 5.10. The highest BCUT2D eigenvalue weighted by Crippen LogP contribution is 2.45. The van der Waals surface area contributed by atoms with Crippen molar-refractivity contribution in [1.29, 1.82) is 5.26 Å². The first-order chi connectivity index (χ1) is 6.24. The van der Waals surface area contributed by atoms with E-state index in [4.69, 9.17) is 15.7 Å². The molecule has 0 radical (unpaired) electrons. The molecule has 1 fully saturated rings. The van der Waals surface area contributed by atoms with Crippen molar-refractivity contribution in [3.05, 3.63) is 0 Å². The Kier molecular flexibility index (Phi) is 1.81. The Bertz CT molecular complexity index is 352. The Labute approximate surface area is 79.1 Å². The van der Waals surface area contributed by atoms with Crippen molar-refractivity contribution in [3.63, 3.8) is 0 Å². The largest absolute Gasteiger partial charge is 0.467 e. The lowest BCUT2D eigenvalue weighted by Crippen LogP contribution is -2.10. The first kappa shape index (κ1) is 8.26. The van der Waals surface area contributed by atoms with Gasteiger partial charge in [-0.2, -0.15) is 5.26 Å². The normalized spacial score (nSPS) is 17.8. The molecule has 13 heavy (non-hydrogen) atoms. The fraction of sp³-hybridized carbons (Fsp3) is 0.571. The minimum Gasteiger partial charge on any atom is -0.467 e. The van der Waals surface area contributed by atoms with Crippen LogP contribution in [0, 0.1) is 16.7 Å². The molecule has 0 saturated heterocycles. The van der Waals surface area contributed by atoms with Gasteiger partial charge in [-0.1, -0.05) is 5.10 Å². The zero-order chi connectivity index (χ0) is 9.31. The fourth-order valence-electron chi connectivity index (χ4n) is 0.918. The van der Waals surface area contributed by atoms with Gasteiger partial charge in [0, 0.05) is 0 Å². The number of hydrogen-bond acceptors (Lipinski definition) is 6. The average Bonchev–Trinajstić information content (AvgIpc) is 2.81. The number of nitrogens with zero attached hydrogens (tertiary/aromatic N) is 3. The third-order valence-electron chi connectivity index (χ3n) is 1.98. The van der Waals surface area contributed by atoms with Gasteiger partial charge in [0.05, 0.1) is 11.5 Å². The molecule has 5 nitrogen and oxygen atoms in total. The van der Waals surface area contributed by atoms with Crippen LogP contribution in [-0.2, 0) is 0 Å². The molecular weight excluding hydrogens is 188 g/mol. The van der Waals surface area contributed by atoms with E-state index in [0.29, 0.717) is 16.9 Å². The lowest BCUT2D eigenvalue weighted by atomic mass is 10.2. The van der Waals surface area contributed by atoms with Crippen LogP contribution in [0.25, 0.3) is 0 Å². The van der Waals surface area contributed by atoms with Crippen molar-refractivity contribution in [1.82, 2.24) is 10.2 Å². The molecule has 0 atom stereocenters. The summed E-state index contributed by atoms with van der Waals surface area (Å²) in [6, 6.07) is 2.23. The Morgan fingerprint density at radius 2 is 2.38 bits per heavy atom. The van der Waals surface area contributed by atoms with E-state index in [2.05, 4.69) is 16.3 Å².